The van der Waals surface area contributed by atoms with Crippen LogP contribution < -0.4 is 5.32 Å². The van der Waals surface area contributed by atoms with Crippen molar-refractivity contribution >= 4 is 40.2 Å². The van der Waals surface area contributed by atoms with Crippen molar-refractivity contribution in [1.29, 1.82) is 0 Å². The predicted molar refractivity (Wildman–Crippen MR) is 95.5 cm³/mol. The fraction of sp³-hybridized carbons (Fsp3) is 0.294. The van der Waals surface area contributed by atoms with Gasteiger partial charge in [0.2, 0.25) is 11.0 Å². The summed E-state index contributed by atoms with van der Waals surface area (Å²) in [5.41, 5.74) is 0.768. The van der Waals surface area contributed by atoms with Crippen molar-refractivity contribution in [3.63, 3.8) is 0 Å². The van der Waals surface area contributed by atoms with Gasteiger partial charge in [0.05, 0.1) is 17.5 Å². The molecule has 0 fully saturated rings. The van der Waals surface area contributed by atoms with Gasteiger partial charge < -0.3 is 10.4 Å². The van der Waals surface area contributed by atoms with Gasteiger partial charge in [0, 0.05) is 19.4 Å². The number of nitrogens with zero attached hydrogens (tertiary/aromatic N) is 3. The molecule has 0 aliphatic carbocycles. The molecule has 27 heavy (non-hydrogen) atoms. The van der Waals surface area contributed by atoms with Crippen molar-refractivity contribution in [3.8, 4) is 0 Å². The first kappa shape index (κ1) is 18.6. The number of hydrogen-bond acceptors (Lipinski definition) is 7. The Labute approximate surface area is 158 Å². The molecule has 3 amide bonds. The summed E-state index contributed by atoms with van der Waals surface area (Å²) in [6.07, 6.45) is 0.630. The lowest BCUT2D eigenvalue weighted by Gasteiger charge is -2.13. The van der Waals surface area contributed by atoms with Crippen molar-refractivity contribution in [3.05, 3.63) is 40.4 Å². The Morgan fingerprint density at radius 1 is 1.07 bits per heavy atom. The Hall–Kier alpha value is -3.14. The second-order valence-electron chi connectivity index (χ2n) is 5.85. The standard InChI is InChI=1S/C17H16N4O5S/c22-12(18-17-20-19-13(27-17)7-8-14(23)24)6-3-9-21-15(25)10-4-1-2-5-11(10)16(21)26/h1-2,4-5H,3,6-9H2,(H,23,24)(H,18,20,22). The number of hydrogen-bond donors (Lipinski definition) is 2. The van der Waals surface area contributed by atoms with E-state index in [2.05, 4.69) is 15.5 Å². The van der Waals surface area contributed by atoms with Crippen LogP contribution in [0.5, 0.6) is 0 Å². The van der Waals surface area contributed by atoms with Gasteiger partial charge in [-0.3, -0.25) is 24.1 Å². The Kier molecular flexibility index (Phi) is 5.55. The third-order valence-corrected chi connectivity index (χ3v) is 4.83. The molecule has 1 aromatic heterocycles. The van der Waals surface area contributed by atoms with Crippen LogP contribution in [-0.2, 0) is 16.0 Å². The molecule has 0 unspecified atom stereocenters. The van der Waals surface area contributed by atoms with Crippen molar-refractivity contribution in [2.24, 2.45) is 0 Å². The van der Waals surface area contributed by atoms with Crippen LogP contribution in [-0.4, -0.2) is 50.4 Å². The summed E-state index contributed by atoms with van der Waals surface area (Å²) >= 11 is 1.12. The molecule has 9 nitrogen and oxygen atoms in total. The van der Waals surface area contributed by atoms with E-state index in [1.807, 2.05) is 0 Å². The highest BCUT2D eigenvalue weighted by Gasteiger charge is 2.34. The molecule has 0 saturated heterocycles. The minimum absolute atomic E-state index is 0.0527. The van der Waals surface area contributed by atoms with E-state index >= 15 is 0 Å². The van der Waals surface area contributed by atoms with Crippen LogP contribution in [0.25, 0.3) is 0 Å². The van der Waals surface area contributed by atoms with Gasteiger partial charge in [-0.1, -0.05) is 23.5 Å². The number of carbonyl (C=O) groups is 4. The Balaban J connectivity index is 1.46. The number of aromatic nitrogens is 2. The van der Waals surface area contributed by atoms with E-state index in [4.69, 9.17) is 5.11 Å². The van der Waals surface area contributed by atoms with Gasteiger partial charge >= 0.3 is 5.97 Å². The number of carboxylic acids is 1. The number of aliphatic carboxylic acids is 1. The number of fused-ring (bicyclic) bond motifs is 1. The molecule has 0 spiro atoms. The third-order valence-electron chi connectivity index (χ3n) is 3.93. The number of carboxylic acid groups (broad SMARTS) is 1. The number of rotatable bonds is 8. The number of amides is 3. The summed E-state index contributed by atoms with van der Waals surface area (Å²) < 4.78 is 0. The Morgan fingerprint density at radius 3 is 2.37 bits per heavy atom. The van der Waals surface area contributed by atoms with E-state index in [0.29, 0.717) is 27.7 Å². The van der Waals surface area contributed by atoms with Gasteiger partial charge in [-0.15, -0.1) is 10.2 Å². The highest BCUT2D eigenvalue weighted by atomic mass is 32.1. The average Bonchev–Trinajstić information content (AvgIpc) is 3.18. The molecule has 10 heteroatoms. The lowest BCUT2D eigenvalue weighted by molar-refractivity contribution is -0.137. The van der Waals surface area contributed by atoms with Gasteiger partial charge in [0.1, 0.15) is 5.01 Å². The van der Waals surface area contributed by atoms with E-state index in [1.165, 1.54) is 0 Å². The maximum Gasteiger partial charge on any atom is 0.303 e. The highest BCUT2D eigenvalue weighted by Crippen LogP contribution is 2.23. The lowest BCUT2D eigenvalue weighted by atomic mass is 10.1. The molecule has 1 aliphatic rings. The molecule has 1 aliphatic heterocycles. The van der Waals surface area contributed by atoms with Crippen LogP contribution in [0, 0.1) is 0 Å². The smallest absolute Gasteiger partial charge is 0.303 e. The normalized spacial score (nSPS) is 13.0. The number of aryl methyl sites for hydroxylation is 1. The van der Waals surface area contributed by atoms with E-state index in [-0.39, 0.29) is 43.5 Å². The molecule has 140 valence electrons. The van der Waals surface area contributed by atoms with E-state index in [0.717, 1.165) is 16.2 Å². The highest BCUT2D eigenvalue weighted by molar-refractivity contribution is 7.15. The number of benzene rings is 1. The number of anilines is 1. The molecule has 0 saturated carbocycles. The molecule has 2 heterocycles. The van der Waals surface area contributed by atoms with Crippen molar-refractivity contribution in [2.75, 3.05) is 11.9 Å². The second-order valence-corrected chi connectivity index (χ2v) is 6.92. The predicted octanol–water partition coefficient (Wildman–Crippen LogP) is 1.57. The topological polar surface area (TPSA) is 130 Å². The van der Waals surface area contributed by atoms with Crippen LogP contribution in [0.3, 0.4) is 0 Å². The molecular formula is C17H16N4O5S. The van der Waals surface area contributed by atoms with Crippen LogP contribution in [0.4, 0.5) is 5.13 Å². The Morgan fingerprint density at radius 2 is 1.74 bits per heavy atom. The molecule has 0 radical (unpaired) electrons. The zero-order valence-corrected chi connectivity index (χ0v) is 15.0. The van der Waals surface area contributed by atoms with Crippen LogP contribution >= 0.6 is 11.3 Å². The maximum atomic E-state index is 12.2. The van der Waals surface area contributed by atoms with Crippen molar-refractivity contribution < 1.29 is 24.3 Å². The second kappa shape index (κ2) is 8.04. The molecular weight excluding hydrogens is 372 g/mol. The van der Waals surface area contributed by atoms with Gasteiger partial charge in [0.15, 0.2) is 0 Å². The zero-order chi connectivity index (χ0) is 19.4. The van der Waals surface area contributed by atoms with E-state index in [1.54, 1.807) is 24.3 Å². The third kappa shape index (κ3) is 4.34. The van der Waals surface area contributed by atoms with Crippen LogP contribution in [0.15, 0.2) is 24.3 Å². The fourth-order valence-corrected chi connectivity index (χ4v) is 3.40. The van der Waals surface area contributed by atoms with E-state index in [9.17, 15) is 19.2 Å². The summed E-state index contributed by atoms with van der Waals surface area (Å²) in [5.74, 6) is -1.93. The summed E-state index contributed by atoms with van der Waals surface area (Å²) in [5, 5.41) is 19.7. The van der Waals surface area contributed by atoms with Crippen LogP contribution in [0.1, 0.15) is 45.0 Å². The van der Waals surface area contributed by atoms with Crippen LogP contribution in [0.2, 0.25) is 0 Å². The first-order valence-corrected chi connectivity index (χ1v) is 9.06. The Bertz CT molecular complexity index is 875. The van der Waals surface area contributed by atoms with Gasteiger partial charge in [-0.05, 0) is 18.6 Å². The zero-order valence-electron chi connectivity index (χ0n) is 14.2. The molecule has 0 atom stereocenters. The maximum absolute atomic E-state index is 12.2. The lowest BCUT2D eigenvalue weighted by Crippen LogP contribution is -2.31. The van der Waals surface area contributed by atoms with Gasteiger partial charge in [0.25, 0.3) is 11.8 Å². The number of imide groups is 1. The molecule has 2 aromatic rings. The minimum atomic E-state index is -0.927. The van der Waals surface area contributed by atoms with Gasteiger partial charge in [-0.25, -0.2) is 0 Å². The van der Waals surface area contributed by atoms with Crippen molar-refractivity contribution in [1.82, 2.24) is 15.1 Å². The number of carbonyl (C=O) groups excluding carboxylic acids is 3. The molecule has 0 bridgehead atoms. The average molecular weight is 388 g/mol. The molecule has 2 N–H and O–H groups in total. The summed E-state index contributed by atoms with van der Waals surface area (Å²) in [6, 6.07) is 6.63. The number of nitrogens with one attached hydrogen (secondary N) is 1. The minimum Gasteiger partial charge on any atom is -0.481 e. The fourth-order valence-electron chi connectivity index (χ4n) is 2.64. The largest absolute Gasteiger partial charge is 0.481 e. The monoisotopic (exact) mass is 388 g/mol. The van der Waals surface area contributed by atoms with E-state index < -0.39 is 5.97 Å². The SMILES string of the molecule is O=C(O)CCc1nnc(NC(=O)CCCN2C(=O)c3ccccc3C2=O)s1. The quantitative estimate of drug-likeness (QED) is 0.657. The molecule has 1 aromatic carbocycles. The summed E-state index contributed by atoms with van der Waals surface area (Å²) in [4.78, 5) is 48.1. The summed E-state index contributed by atoms with van der Waals surface area (Å²) in [6.45, 7) is 0.153. The first-order valence-electron chi connectivity index (χ1n) is 8.25. The van der Waals surface area contributed by atoms with Gasteiger partial charge in [-0.2, -0.15) is 0 Å². The molecule has 3 rings (SSSR count). The van der Waals surface area contributed by atoms with Crippen molar-refractivity contribution in [2.45, 2.75) is 25.7 Å². The first-order chi connectivity index (χ1) is 13.0. The summed E-state index contributed by atoms with van der Waals surface area (Å²) in [7, 11) is 0.